The second-order valence-corrected chi connectivity index (χ2v) is 7.87. The van der Waals surface area contributed by atoms with Crippen molar-refractivity contribution in [1.29, 1.82) is 0 Å². The molecule has 1 aliphatic heterocycles. The maximum Gasteiger partial charge on any atom is 0.296 e. The molecule has 1 aliphatic rings. The molecular weight excluding hydrogens is 434 g/mol. The third kappa shape index (κ3) is 3.04. The van der Waals surface area contributed by atoms with Crippen LogP contribution in [0.25, 0.3) is 11.0 Å². The molecule has 2 aromatic heterocycles. The number of nitro benzene ring substituents is 1. The lowest BCUT2D eigenvalue weighted by Gasteiger charge is -2.24. The molecule has 0 radical (unpaired) electrons. The number of benzene rings is 2. The molecule has 0 bridgehead atoms. The number of anilines is 1. The van der Waals surface area contributed by atoms with Crippen molar-refractivity contribution in [2.24, 2.45) is 0 Å². The smallest absolute Gasteiger partial charge is 0.296 e. The Kier molecular flexibility index (Phi) is 4.53. The van der Waals surface area contributed by atoms with Crippen molar-refractivity contribution in [3.63, 3.8) is 0 Å². The zero-order valence-corrected chi connectivity index (χ0v) is 17.4. The van der Waals surface area contributed by atoms with Crippen molar-refractivity contribution in [2.75, 3.05) is 4.90 Å². The van der Waals surface area contributed by atoms with Gasteiger partial charge in [-0.15, -0.1) is 0 Å². The first-order valence-corrected chi connectivity index (χ1v) is 10.00. The van der Waals surface area contributed by atoms with E-state index in [2.05, 4.69) is 4.98 Å². The fraction of sp³-hybridized carbons (Fsp3) is 0.0870. The highest BCUT2D eigenvalue weighted by Crippen LogP contribution is 2.41. The Morgan fingerprint density at radius 3 is 2.69 bits per heavy atom. The van der Waals surface area contributed by atoms with Crippen molar-refractivity contribution >= 4 is 40.0 Å². The van der Waals surface area contributed by atoms with Crippen LogP contribution in [0.15, 0.2) is 70.0 Å². The largest absolute Gasteiger partial charge is 0.450 e. The van der Waals surface area contributed by atoms with E-state index in [0.29, 0.717) is 16.4 Å². The summed E-state index contributed by atoms with van der Waals surface area (Å²) in [6, 6.07) is 12.9. The van der Waals surface area contributed by atoms with Gasteiger partial charge < -0.3 is 4.42 Å². The number of pyridine rings is 1. The fourth-order valence-electron chi connectivity index (χ4n) is 3.96. The second-order valence-electron chi connectivity index (χ2n) is 7.44. The Morgan fingerprint density at radius 2 is 1.94 bits per heavy atom. The number of carbonyl (C=O) groups excluding carboxylic acids is 1. The number of rotatable bonds is 3. The normalized spacial score (nSPS) is 15.2. The summed E-state index contributed by atoms with van der Waals surface area (Å²) in [6.07, 6.45) is 1.55. The number of nitrogens with zero attached hydrogens (tertiary/aromatic N) is 3. The maximum atomic E-state index is 13.5. The van der Waals surface area contributed by atoms with Crippen LogP contribution < -0.4 is 10.3 Å². The maximum absolute atomic E-state index is 13.5. The Morgan fingerprint density at radius 1 is 1.12 bits per heavy atom. The average molecular weight is 448 g/mol. The lowest BCUT2D eigenvalue weighted by molar-refractivity contribution is -0.384. The number of aryl methyl sites for hydroxylation is 1. The molecule has 0 spiro atoms. The lowest BCUT2D eigenvalue weighted by Crippen LogP contribution is -2.30. The quantitative estimate of drug-likeness (QED) is 0.329. The van der Waals surface area contributed by atoms with Crippen LogP contribution in [-0.4, -0.2) is 15.8 Å². The van der Waals surface area contributed by atoms with E-state index in [1.807, 2.05) is 6.92 Å². The monoisotopic (exact) mass is 447 g/mol. The third-order valence-corrected chi connectivity index (χ3v) is 5.61. The zero-order chi connectivity index (χ0) is 22.6. The number of carbonyl (C=O) groups is 1. The summed E-state index contributed by atoms with van der Waals surface area (Å²) in [5.74, 6) is -0.368. The Bertz CT molecular complexity index is 1500. The van der Waals surface area contributed by atoms with E-state index < -0.39 is 22.3 Å². The highest BCUT2D eigenvalue weighted by molar-refractivity contribution is 6.31. The van der Waals surface area contributed by atoms with Gasteiger partial charge in [-0.1, -0.05) is 23.7 Å². The van der Waals surface area contributed by atoms with Gasteiger partial charge in [-0.05, 0) is 48.4 Å². The molecule has 1 amide bonds. The van der Waals surface area contributed by atoms with Gasteiger partial charge >= 0.3 is 0 Å². The predicted molar refractivity (Wildman–Crippen MR) is 118 cm³/mol. The lowest BCUT2D eigenvalue weighted by atomic mass is 9.98. The third-order valence-electron chi connectivity index (χ3n) is 5.38. The molecule has 5 rings (SSSR count). The van der Waals surface area contributed by atoms with Crippen molar-refractivity contribution in [3.8, 4) is 0 Å². The first kappa shape index (κ1) is 19.9. The Hall–Kier alpha value is -4.04. The van der Waals surface area contributed by atoms with Crippen LogP contribution in [0, 0.1) is 17.0 Å². The molecule has 1 atom stereocenters. The van der Waals surface area contributed by atoms with Crippen molar-refractivity contribution < 1.29 is 14.1 Å². The van der Waals surface area contributed by atoms with Gasteiger partial charge in [0.15, 0.2) is 5.43 Å². The summed E-state index contributed by atoms with van der Waals surface area (Å²) in [7, 11) is 0. The standard InChI is InChI=1S/C23H14ClN3O5/c1-12-7-8-25-18(9-12)26-20(13-3-2-4-15(10-13)27(30)31)19-21(28)16-11-14(24)5-6-17(16)32-22(19)23(26)29/h2-11,20H,1H3/t20-/m0/s1. The van der Waals surface area contributed by atoms with E-state index in [9.17, 15) is 19.7 Å². The summed E-state index contributed by atoms with van der Waals surface area (Å²) in [5, 5.41) is 11.9. The Balaban J connectivity index is 1.83. The van der Waals surface area contributed by atoms with Gasteiger partial charge in [0, 0.05) is 23.4 Å². The van der Waals surface area contributed by atoms with E-state index in [1.165, 1.54) is 35.2 Å². The van der Waals surface area contributed by atoms with E-state index >= 15 is 0 Å². The average Bonchev–Trinajstić information content (AvgIpc) is 3.07. The van der Waals surface area contributed by atoms with E-state index in [-0.39, 0.29) is 28.0 Å². The minimum atomic E-state index is -0.952. The van der Waals surface area contributed by atoms with Crippen molar-refractivity contribution in [1.82, 2.24) is 4.98 Å². The molecule has 0 saturated carbocycles. The molecule has 8 nitrogen and oxygen atoms in total. The van der Waals surface area contributed by atoms with E-state index in [1.54, 1.807) is 30.5 Å². The van der Waals surface area contributed by atoms with Gasteiger partial charge in [-0.25, -0.2) is 4.98 Å². The van der Waals surface area contributed by atoms with Crippen LogP contribution in [0.2, 0.25) is 5.02 Å². The summed E-state index contributed by atoms with van der Waals surface area (Å²) in [5.41, 5.74) is 0.977. The van der Waals surface area contributed by atoms with Crippen LogP contribution >= 0.6 is 11.6 Å². The number of hydrogen-bond acceptors (Lipinski definition) is 6. The molecule has 9 heteroatoms. The highest BCUT2D eigenvalue weighted by atomic mass is 35.5. The number of aromatic nitrogens is 1. The van der Waals surface area contributed by atoms with Crippen LogP contribution in [0.1, 0.15) is 33.3 Å². The molecule has 0 saturated heterocycles. The van der Waals surface area contributed by atoms with Crippen LogP contribution in [0.5, 0.6) is 0 Å². The molecular formula is C23H14ClN3O5. The number of halogens is 1. The summed E-state index contributed by atoms with van der Waals surface area (Å²) in [6.45, 7) is 1.85. The number of non-ortho nitro benzene ring substituents is 1. The molecule has 0 unspecified atom stereocenters. The van der Waals surface area contributed by atoms with E-state index in [4.69, 9.17) is 16.0 Å². The van der Waals surface area contributed by atoms with Gasteiger partial charge in [-0.3, -0.25) is 24.6 Å². The molecule has 158 valence electrons. The molecule has 3 heterocycles. The molecule has 4 aromatic rings. The van der Waals surface area contributed by atoms with Gasteiger partial charge in [-0.2, -0.15) is 0 Å². The van der Waals surface area contributed by atoms with Crippen molar-refractivity contribution in [2.45, 2.75) is 13.0 Å². The zero-order valence-electron chi connectivity index (χ0n) is 16.6. The van der Waals surface area contributed by atoms with Crippen LogP contribution in [0.4, 0.5) is 11.5 Å². The molecule has 0 N–H and O–H groups in total. The topological polar surface area (TPSA) is 107 Å². The second kappa shape index (κ2) is 7.28. The van der Waals surface area contributed by atoms with Crippen LogP contribution in [0.3, 0.4) is 0 Å². The predicted octanol–water partition coefficient (Wildman–Crippen LogP) is 4.81. The fourth-order valence-corrected chi connectivity index (χ4v) is 4.13. The number of amides is 1. The SMILES string of the molecule is Cc1ccnc(N2C(=O)c3oc4ccc(Cl)cc4c(=O)c3[C@@H]2c2cccc([N+](=O)[O-])c2)c1. The summed E-state index contributed by atoms with van der Waals surface area (Å²) in [4.78, 5) is 43.5. The summed E-state index contributed by atoms with van der Waals surface area (Å²) < 4.78 is 5.85. The molecule has 0 fully saturated rings. The number of nitro groups is 1. The number of fused-ring (bicyclic) bond motifs is 2. The van der Waals surface area contributed by atoms with Gasteiger partial charge in [0.2, 0.25) is 5.76 Å². The van der Waals surface area contributed by atoms with Gasteiger partial charge in [0.05, 0.1) is 21.9 Å². The van der Waals surface area contributed by atoms with E-state index in [0.717, 1.165) is 5.56 Å². The molecule has 32 heavy (non-hydrogen) atoms. The summed E-state index contributed by atoms with van der Waals surface area (Å²) >= 11 is 6.08. The first-order valence-electron chi connectivity index (χ1n) is 9.62. The number of hydrogen-bond donors (Lipinski definition) is 0. The minimum Gasteiger partial charge on any atom is -0.450 e. The van der Waals surface area contributed by atoms with Crippen molar-refractivity contribution in [3.05, 3.63) is 109 Å². The first-order chi connectivity index (χ1) is 15.3. The van der Waals surface area contributed by atoms with Gasteiger partial charge in [0.25, 0.3) is 11.6 Å². The highest BCUT2D eigenvalue weighted by Gasteiger charge is 2.44. The molecule has 2 aromatic carbocycles. The minimum absolute atomic E-state index is 0.0913. The molecule has 0 aliphatic carbocycles. The van der Waals surface area contributed by atoms with Crippen LogP contribution in [-0.2, 0) is 0 Å². The Labute approximate surface area is 185 Å². The van der Waals surface area contributed by atoms with Gasteiger partial charge in [0.1, 0.15) is 11.4 Å².